The maximum Gasteiger partial charge on any atom is 0.295 e. The molecule has 32 heavy (non-hydrogen) atoms. The Morgan fingerprint density at radius 3 is 2.34 bits per heavy atom. The fourth-order valence-corrected chi connectivity index (χ4v) is 4.13. The van der Waals surface area contributed by atoms with Crippen LogP contribution in [0.15, 0.2) is 75.9 Å². The molecule has 1 atom stereocenters. The van der Waals surface area contributed by atoms with Crippen LogP contribution in [0.5, 0.6) is 11.5 Å². The molecule has 1 aliphatic rings. The van der Waals surface area contributed by atoms with Gasteiger partial charge in [-0.1, -0.05) is 18.2 Å². The number of hydrogen-bond acceptors (Lipinski definition) is 5. The van der Waals surface area contributed by atoms with Crippen molar-refractivity contribution in [1.29, 1.82) is 0 Å². The van der Waals surface area contributed by atoms with Crippen molar-refractivity contribution in [2.45, 2.75) is 6.04 Å². The SMILES string of the molecule is COc1ccc([C@H]2c3c(oc4ccccc4c3=O)C(=O)N2c2ccc(F)cc2)cc1OC. The van der Waals surface area contributed by atoms with Crippen molar-refractivity contribution in [2.24, 2.45) is 0 Å². The summed E-state index contributed by atoms with van der Waals surface area (Å²) in [6, 6.07) is 16.7. The third-order valence-electron chi connectivity index (χ3n) is 5.61. The Morgan fingerprint density at radius 2 is 1.62 bits per heavy atom. The van der Waals surface area contributed by atoms with Gasteiger partial charge < -0.3 is 13.9 Å². The average molecular weight is 431 g/mol. The predicted octanol–water partition coefficient (Wildman–Crippen LogP) is 4.70. The zero-order valence-electron chi connectivity index (χ0n) is 17.3. The summed E-state index contributed by atoms with van der Waals surface area (Å²) in [4.78, 5) is 28.4. The maximum absolute atomic E-state index is 13.6. The largest absolute Gasteiger partial charge is 0.493 e. The summed E-state index contributed by atoms with van der Waals surface area (Å²) in [7, 11) is 3.03. The van der Waals surface area contributed by atoms with Gasteiger partial charge in [-0.25, -0.2) is 4.39 Å². The lowest BCUT2D eigenvalue weighted by Gasteiger charge is -2.25. The number of halogens is 1. The first kappa shape index (κ1) is 19.8. The molecule has 0 fully saturated rings. The van der Waals surface area contributed by atoms with Gasteiger partial charge in [-0.15, -0.1) is 0 Å². The Kier molecular flexibility index (Phi) is 4.66. The van der Waals surface area contributed by atoms with Gasteiger partial charge in [0.2, 0.25) is 5.76 Å². The first-order chi connectivity index (χ1) is 15.5. The first-order valence-electron chi connectivity index (χ1n) is 9.90. The van der Waals surface area contributed by atoms with Crippen molar-refractivity contribution in [2.75, 3.05) is 19.1 Å². The number of rotatable bonds is 4. The number of methoxy groups -OCH3 is 2. The molecular formula is C25H18FNO5. The molecule has 7 heteroatoms. The topological polar surface area (TPSA) is 69.0 Å². The molecule has 0 saturated heterocycles. The van der Waals surface area contributed by atoms with Crippen LogP contribution in [0, 0.1) is 5.82 Å². The molecule has 0 spiro atoms. The number of hydrogen-bond donors (Lipinski definition) is 0. The van der Waals surface area contributed by atoms with E-state index >= 15 is 0 Å². The van der Waals surface area contributed by atoms with Crippen LogP contribution in [0.4, 0.5) is 10.1 Å². The molecular weight excluding hydrogens is 413 g/mol. The monoisotopic (exact) mass is 431 g/mol. The van der Waals surface area contributed by atoms with E-state index in [4.69, 9.17) is 13.9 Å². The summed E-state index contributed by atoms with van der Waals surface area (Å²) in [5.74, 6) is 0.0300. The van der Waals surface area contributed by atoms with Gasteiger partial charge in [0, 0.05) is 5.69 Å². The summed E-state index contributed by atoms with van der Waals surface area (Å²) in [5.41, 5.74) is 1.33. The van der Waals surface area contributed by atoms with Crippen molar-refractivity contribution < 1.29 is 23.1 Å². The second-order valence-electron chi connectivity index (χ2n) is 7.34. The van der Waals surface area contributed by atoms with E-state index in [1.807, 2.05) is 0 Å². The molecule has 0 saturated carbocycles. The molecule has 4 aromatic rings. The average Bonchev–Trinajstić information content (AvgIpc) is 3.12. The van der Waals surface area contributed by atoms with E-state index in [1.54, 1.807) is 42.5 Å². The minimum absolute atomic E-state index is 0.0298. The van der Waals surface area contributed by atoms with Crippen LogP contribution in [-0.2, 0) is 0 Å². The number of amides is 1. The van der Waals surface area contributed by atoms with Crippen molar-refractivity contribution in [3.8, 4) is 11.5 Å². The molecule has 1 aromatic heterocycles. The molecule has 3 aromatic carbocycles. The number of fused-ring (bicyclic) bond motifs is 2. The zero-order valence-corrected chi connectivity index (χ0v) is 17.3. The summed E-state index contributed by atoms with van der Waals surface area (Å²) in [6.45, 7) is 0. The van der Waals surface area contributed by atoms with E-state index in [9.17, 15) is 14.0 Å². The second kappa shape index (κ2) is 7.53. The molecule has 0 radical (unpaired) electrons. The molecule has 160 valence electrons. The fraction of sp³-hybridized carbons (Fsp3) is 0.120. The number of anilines is 1. The Bertz CT molecular complexity index is 1410. The highest BCUT2D eigenvalue weighted by Crippen LogP contribution is 2.43. The lowest BCUT2D eigenvalue weighted by Crippen LogP contribution is -2.29. The Labute approximate surface area is 182 Å². The highest BCUT2D eigenvalue weighted by atomic mass is 19.1. The van der Waals surface area contributed by atoms with Crippen LogP contribution in [-0.4, -0.2) is 20.1 Å². The van der Waals surface area contributed by atoms with Crippen LogP contribution in [0.25, 0.3) is 11.0 Å². The van der Waals surface area contributed by atoms with Crippen molar-refractivity contribution >= 4 is 22.6 Å². The Morgan fingerprint density at radius 1 is 0.906 bits per heavy atom. The standard InChI is InChI=1S/C25H18FNO5/c1-30-19-12-7-14(13-20(19)31-2)22-21-23(28)17-5-3-4-6-18(17)32-24(21)25(29)27(22)16-10-8-15(26)9-11-16/h3-13,22H,1-2H3/t22-/m0/s1. The minimum Gasteiger partial charge on any atom is -0.493 e. The number of carbonyl (C=O) groups excluding carboxylic acids is 1. The zero-order chi connectivity index (χ0) is 22.4. The molecule has 0 N–H and O–H groups in total. The van der Waals surface area contributed by atoms with E-state index in [2.05, 4.69) is 0 Å². The number of nitrogens with zero attached hydrogens (tertiary/aromatic N) is 1. The van der Waals surface area contributed by atoms with Crippen LogP contribution < -0.4 is 19.8 Å². The molecule has 0 bridgehead atoms. The van der Waals surface area contributed by atoms with Gasteiger partial charge in [-0.3, -0.25) is 14.5 Å². The molecule has 0 aliphatic carbocycles. The van der Waals surface area contributed by atoms with Crippen molar-refractivity contribution in [3.05, 3.63) is 99.7 Å². The van der Waals surface area contributed by atoms with Crippen molar-refractivity contribution in [1.82, 2.24) is 0 Å². The quantitative estimate of drug-likeness (QED) is 0.469. The third-order valence-corrected chi connectivity index (χ3v) is 5.61. The van der Waals surface area contributed by atoms with Gasteiger partial charge in [-0.2, -0.15) is 0 Å². The fourth-order valence-electron chi connectivity index (χ4n) is 4.13. The van der Waals surface area contributed by atoms with Crippen LogP contribution in [0.3, 0.4) is 0 Å². The summed E-state index contributed by atoms with van der Waals surface area (Å²) in [6.07, 6.45) is 0. The molecule has 2 heterocycles. The van der Waals surface area contributed by atoms with Gasteiger partial charge in [0.25, 0.3) is 5.91 Å². The number of benzene rings is 3. The summed E-state index contributed by atoms with van der Waals surface area (Å²) >= 11 is 0. The molecule has 6 nitrogen and oxygen atoms in total. The van der Waals surface area contributed by atoms with E-state index in [0.717, 1.165) is 0 Å². The molecule has 1 amide bonds. The van der Waals surface area contributed by atoms with Crippen molar-refractivity contribution in [3.63, 3.8) is 0 Å². The normalized spacial score (nSPS) is 15.2. The van der Waals surface area contributed by atoms with Crippen LogP contribution in [0.1, 0.15) is 27.7 Å². The lowest BCUT2D eigenvalue weighted by molar-refractivity contribution is 0.0971. The van der Waals surface area contributed by atoms with E-state index in [0.29, 0.717) is 33.7 Å². The Balaban J connectivity index is 1.80. The second-order valence-corrected chi connectivity index (χ2v) is 7.34. The van der Waals surface area contributed by atoms with Gasteiger partial charge >= 0.3 is 0 Å². The maximum atomic E-state index is 13.6. The van der Waals surface area contributed by atoms with Gasteiger partial charge in [-0.05, 0) is 54.1 Å². The smallest absolute Gasteiger partial charge is 0.295 e. The first-order valence-corrected chi connectivity index (χ1v) is 9.90. The molecule has 1 aliphatic heterocycles. The third kappa shape index (κ3) is 2.93. The minimum atomic E-state index is -0.788. The Hall–Kier alpha value is -4.13. The van der Waals surface area contributed by atoms with Gasteiger partial charge in [0.15, 0.2) is 16.9 Å². The van der Waals surface area contributed by atoms with E-state index in [-0.39, 0.29) is 16.8 Å². The van der Waals surface area contributed by atoms with Crippen LogP contribution in [0.2, 0.25) is 0 Å². The predicted molar refractivity (Wildman–Crippen MR) is 117 cm³/mol. The summed E-state index contributed by atoms with van der Waals surface area (Å²) < 4.78 is 30.2. The number of carbonyl (C=O) groups is 1. The summed E-state index contributed by atoms with van der Waals surface area (Å²) in [5, 5.41) is 0.380. The highest BCUT2D eigenvalue weighted by Gasteiger charge is 2.43. The molecule has 5 rings (SSSR count). The highest BCUT2D eigenvalue weighted by molar-refractivity contribution is 6.10. The lowest BCUT2D eigenvalue weighted by atomic mass is 9.97. The van der Waals surface area contributed by atoms with E-state index in [1.165, 1.54) is 43.4 Å². The number of para-hydroxylation sites is 1. The van der Waals surface area contributed by atoms with Gasteiger partial charge in [0.1, 0.15) is 11.4 Å². The van der Waals surface area contributed by atoms with E-state index < -0.39 is 17.8 Å². The molecule has 0 unspecified atom stereocenters. The number of ether oxygens (including phenoxy) is 2. The van der Waals surface area contributed by atoms with Gasteiger partial charge in [0.05, 0.1) is 31.2 Å². The van der Waals surface area contributed by atoms with Crippen LogP contribution >= 0.6 is 0 Å².